The van der Waals surface area contributed by atoms with Gasteiger partial charge in [-0.1, -0.05) is 127 Å². The maximum Gasteiger partial charge on any atom is 0.180 e. The van der Waals surface area contributed by atoms with Gasteiger partial charge in [0.2, 0.25) is 0 Å². The third-order valence-corrected chi connectivity index (χ3v) is 7.49. The molecule has 0 saturated heterocycles. The highest BCUT2D eigenvalue weighted by Gasteiger charge is 2.41. The summed E-state index contributed by atoms with van der Waals surface area (Å²) in [4.78, 5) is 5.08. The Balaban J connectivity index is 1.70. The Bertz CT molecular complexity index is 1570. The molecular formula is C34H31N5. The molecule has 4 aromatic carbocycles. The summed E-state index contributed by atoms with van der Waals surface area (Å²) in [5.41, 5.74) is 13.4. The number of hydrogen-bond acceptors (Lipinski definition) is 4. The van der Waals surface area contributed by atoms with Crippen LogP contribution in [0.25, 0.3) is 11.2 Å². The van der Waals surface area contributed by atoms with Crippen molar-refractivity contribution < 1.29 is 0 Å². The van der Waals surface area contributed by atoms with E-state index in [4.69, 9.17) is 21.0 Å². The van der Waals surface area contributed by atoms with Crippen molar-refractivity contribution in [3.63, 3.8) is 0 Å². The fourth-order valence-corrected chi connectivity index (χ4v) is 5.81. The van der Waals surface area contributed by atoms with Gasteiger partial charge in [0.25, 0.3) is 0 Å². The van der Waals surface area contributed by atoms with E-state index in [0.717, 1.165) is 45.5 Å². The molecule has 5 heteroatoms. The smallest absolute Gasteiger partial charge is 0.180 e. The van der Waals surface area contributed by atoms with Crippen LogP contribution in [-0.4, -0.2) is 26.5 Å². The molecule has 1 unspecified atom stereocenters. The third-order valence-electron chi connectivity index (χ3n) is 7.49. The molecule has 0 radical (unpaired) electrons. The van der Waals surface area contributed by atoms with E-state index in [1.165, 1.54) is 5.56 Å². The topological polar surface area (TPSA) is 69.6 Å². The molecule has 0 spiro atoms. The maximum absolute atomic E-state index is 6.13. The fourth-order valence-electron chi connectivity index (χ4n) is 5.81. The predicted molar refractivity (Wildman–Crippen MR) is 157 cm³/mol. The molecule has 0 saturated carbocycles. The lowest BCUT2D eigenvalue weighted by atomic mass is 9.77. The first kappa shape index (κ1) is 24.7. The average Bonchev–Trinajstić information content (AvgIpc) is 3.42. The highest BCUT2D eigenvalue weighted by molar-refractivity contribution is 5.77. The van der Waals surface area contributed by atoms with E-state index in [1.807, 2.05) is 35.9 Å². The monoisotopic (exact) mass is 509 g/mol. The third kappa shape index (κ3) is 4.31. The van der Waals surface area contributed by atoms with Crippen molar-refractivity contribution in [1.82, 2.24) is 20.0 Å². The van der Waals surface area contributed by atoms with E-state index in [2.05, 4.69) is 103 Å². The molecule has 6 aromatic rings. The number of aryl methyl sites for hydroxylation is 1. The van der Waals surface area contributed by atoms with Gasteiger partial charge in [-0.25, -0.2) is 9.67 Å². The van der Waals surface area contributed by atoms with Crippen LogP contribution in [0, 0.1) is 6.92 Å². The van der Waals surface area contributed by atoms with Crippen LogP contribution >= 0.6 is 0 Å². The van der Waals surface area contributed by atoms with Crippen LogP contribution in [0.1, 0.15) is 45.8 Å². The van der Waals surface area contributed by atoms with Gasteiger partial charge < -0.3 is 5.73 Å². The zero-order valence-electron chi connectivity index (χ0n) is 22.0. The molecule has 0 bridgehead atoms. The molecule has 0 amide bonds. The van der Waals surface area contributed by atoms with Crippen molar-refractivity contribution in [3.05, 3.63) is 161 Å². The molecule has 2 heterocycles. The van der Waals surface area contributed by atoms with Gasteiger partial charge in [-0.15, -0.1) is 5.10 Å². The quantitative estimate of drug-likeness (QED) is 0.239. The highest BCUT2D eigenvalue weighted by Crippen LogP contribution is 2.42. The first-order valence-corrected chi connectivity index (χ1v) is 13.4. The van der Waals surface area contributed by atoms with Crippen molar-refractivity contribution in [2.24, 2.45) is 5.73 Å². The zero-order chi connectivity index (χ0) is 26.7. The summed E-state index contributed by atoms with van der Waals surface area (Å²) in [5, 5.41) is 9.75. The standard InChI is InChI=1S/C34H31N5/c1-25-24-31(30(22-23-35)26-14-6-2-7-15-26)32-33(36-25)39(38-37-32)34(27-16-8-3-9-17-27,28-18-10-4-11-19-28)29-20-12-5-13-21-29/h2-21,24,30H,22-23,35H2,1H3. The lowest BCUT2D eigenvalue weighted by Gasteiger charge is -2.36. The predicted octanol–water partition coefficient (Wildman–Crippen LogP) is 6.46. The summed E-state index contributed by atoms with van der Waals surface area (Å²) in [6, 6.07) is 44.2. The summed E-state index contributed by atoms with van der Waals surface area (Å²) in [6.07, 6.45) is 0.802. The zero-order valence-corrected chi connectivity index (χ0v) is 22.0. The molecule has 0 aliphatic rings. The molecular weight excluding hydrogens is 478 g/mol. The first-order valence-electron chi connectivity index (χ1n) is 13.4. The van der Waals surface area contributed by atoms with Crippen molar-refractivity contribution >= 4 is 11.2 Å². The largest absolute Gasteiger partial charge is 0.330 e. The van der Waals surface area contributed by atoms with Crippen molar-refractivity contribution in [3.8, 4) is 0 Å². The second kappa shape index (κ2) is 10.6. The lowest BCUT2D eigenvalue weighted by molar-refractivity contribution is 0.457. The van der Waals surface area contributed by atoms with E-state index >= 15 is 0 Å². The van der Waals surface area contributed by atoms with Crippen molar-refractivity contribution in [1.29, 1.82) is 0 Å². The van der Waals surface area contributed by atoms with Crippen LogP contribution in [0.4, 0.5) is 0 Å². The van der Waals surface area contributed by atoms with Gasteiger partial charge >= 0.3 is 0 Å². The van der Waals surface area contributed by atoms with Gasteiger partial charge in [0.05, 0.1) is 0 Å². The number of hydrogen-bond donors (Lipinski definition) is 1. The number of benzene rings is 4. The fraction of sp³-hybridized carbons (Fsp3) is 0.147. The Hall–Kier alpha value is -4.61. The Morgan fingerprint density at radius 3 is 1.69 bits per heavy atom. The second-order valence-electron chi connectivity index (χ2n) is 9.88. The van der Waals surface area contributed by atoms with Crippen molar-refractivity contribution in [2.75, 3.05) is 6.54 Å². The molecule has 2 aromatic heterocycles. The van der Waals surface area contributed by atoms with Crippen LogP contribution < -0.4 is 5.73 Å². The molecule has 5 nitrogen and oxygen atoms in total. The van der Waals surface area contributed by atoms with Gasteiger partial charge in [-0.3, -0.25) is 0 Å². The molecule has 0 aliphatic heterocycles. The second-order valence-corrected chi connectivity index (χ2v) is 9.88. The molecule has 2 N–H and O–H groups in total. The number of fused-ring (bicyclic) bond motifs is 1. The Morgan fingerprint density at radius 1 is 0.718 bits per heavy atom. The van der Waals surface area contributed by atoms with Gasteiger partial charge in [-0.2, -0.15) is 0 Å². The van der Waals surface area contributed by atoms with Crippen LogP contribution in [0.15, 0.2) is 127 Å². The van der Waals surface area contributed by atoms with Crippen LogP contribution in [-0.2, 0) is 5.54 Å². The number of aromatic nitrogens is 4. The van der Waals surface area contributed by atoms with E-state index in [0.29, 0.717) is 6.54 Å². The van der Waals surface area contributed by atoms with Crippen LogP contribution in [0.2, 0.25) is 0 Å². The van der Waals surface area contributed by atoms with Crippen LogP contribution in [0.5, 0.6) is 0 Å². The van der Waals surface area contributed by atoms with E-state index in [9.17, 15) is 0 Å². The summed E-state index contributed by atoms with van der Waals surface area (Å²) in [7, 11) is 0. The Kier molecular flexibility index (Phi) is 6.74. The minimum atomic E-state index is -0.785. The Morgan fingerprint density at radius 2 is 1.21 bits per heavy atom. The Labute approximate surface area is 229 Å². The number of nitrogens with two attached hydrogens (primary N) is 1. The SMILES string of the molecule is Cc1cc(C(CCN)c2ccccc2)c2nnn(C(c3ccccc3)(c3ccccc3)c3ccccc3)c2n1. The minimum Gasteiger partial charge on any atom is -0.330 e. The molecule has 192 valence electrons. The van der Waals surface area contributed by atoms with Gasteiger partial charge in [0.15, 0.2) is 5.65 Å². The average molecular weight is 510 g/mol. The molecule has 0 aliphatic carbocycles. The van der Waals surface area contributed by atoms with Gasteiger partial charge in [0.1, 0.15) is 11.1 Å². The lowest BCUT2D eigenvalue weighted by Crippen LogP contribution is -2.39. The molecule has 1 atom stereocenters. The normalized spacial score (nSPS) is 12.5. The number of nitrogens with zero attached hydrogens (tertiary/aromatic N) is 4. The number of pyridine rings is 1. The highest BCUT2D eigenvalue weighted by atomic mass is 15.5. The van der Waals surface area contributed by atoms with Crippen LogP contribution in [0.3, 0.4) is 0 Å². The number of rotatable bonds is 8. The maximum atomic E-state index is 6.13. The van der Waals surface area contributed by atoms with Gasteiger partial charge in [-0.05, 0) is 53.8 Å². The summed E-state index contributed by atoms with van der Waals surface area (Å²) >= 11 is 0. The summed E-state index contributed by atoms with van der Waals surface area (Å²) < 4.78 is 2.02. The minimum absolute atomic E-state index is 0.0881. The molecule has 39 heavy (non-hydrogen) atoms. The van der Waals surface area contributed by atoms with E-state index in [1.54, 1.807) is 0 Å². The van der Waals surface area contributed by atoms with E-state index in [-0.39, 0.29) is 5.92 Å². The van der Waals surface area contributed by atoms with Crippen molar-refractivity contribution in [2.45, 2.75) is 24.8 Å². The van der Waals surface area contributed by atoms with Gasteiger partial charge in [0, 0.05) is 11.6 Å². The molecule has 0 fully saturated rings. The summed E-state index contributed by atoms with van der Waals surface area (Å²) in [5.74, 6) is 0.0881. The first-order chi connectivity index (χ1) is 19.2. The molecule has 6 rings (SSSR count). The van der Waals surface area contributed by atoms with E-state index < -0.39 is 5.54 Å². The summed E-state index contributed by atoms with van der Waals surface area (Å²) in [6.45, 7) is 2.61.